The summed E-state index contributed by atoms with van der Waals surface area (Å²) in [6.45, 7) is 0. The topological polar surface area (TPSA) is 58.2 Å². The summed E-state index contributed by atoms with van der Waals surface area (Å²) in [7, 11) is 0. The number of hydrogen-bond acceptors (Lipinski definition) is 2. The van der Waals surface area contributed by atoms with Crippen molar-refractivity contribution < 1.29 is 9.59 Å². The Morgan fingerprint density at radius 3 is 2.18 bits per heavy atom. The normalized spacial score (nSPS) is 13.5. The summed E-state index contributed by atoms with van der Waals surface area (Å²) in [5, 5.41) is 5.47. The van der Waals surface area contributed by atoms with Crippen molar-refractivity contribution in [2.45, 2.75) is 18.9 Å². The molecule has 2 aromatic rings. The number of halogens is 1. The number of carbonyl (C=O) groups excluding carboxylic acids is 2. The van der Waals surface area contributed by atoms with E-state index in [1.807, 2.05) is 12.1 Å². The standard InChI is InChI=1S/C17H15ClN2O2/c18-15-8-4-3-7-14(15)16(21)20-17(22)19-13-9-11-5-1-2-6-12(11)10-13/h1-8,13H,9-10H2,(H2,19,20,21,22). The molecule has 0 aromatic heterocycles. The van der Waals surface area contributed by atoms with Crippen LogP contribution >= 0.6 is 11.6 Å². The number of nitrogens with one attached hydrogen (secondary N) is 2. The molecule has 0 bridgehead atoms. The maximum absolute atomic E-state index is 12.0. The van der Waals surface area contributed by atoms with Crippen LogP contribution in [0.1, 0.15) is 21.5 Å². The maximum Gasteiger partial charge on any atom is 0.321 e. The third kappa shape index (κ3) is 3.12. The first-order valence-electron chi connectivity index (χ1n) is 7.06. The number of fused-ring (bicyclic) bond motifs is 1. The molecule has 0 spiro atoms. The van der Waals surface area contributed by atoms with Gasteiger partial charge in [-0.1, -0.05) is 48.0 Å². The number of amides is 3. The summed E-state index contributed by atoms with van der Waals surface area (Å²) >= 11 is 5.94. The van der Waals surface area contributed by atoms with Gasteiger partial charge in [0.1, 0.15) is 0 Å². The van der Waals surface area contributed by atoms with Crippen molar-refractivity contribution in [1.82, 2.24) is 10.6 Å². The van der Waals surface area contributed by atoms with Crippen LogP contribution in [0.2, 0.25) is 5.02 Å². The van der Waals surface area contributed by atoms with Gasteiger partial charge in [-0.25, -0.2) is 4.79 Å². The Morgan fingerprint density at radius 2 is 1.55 bits per heavy atom. The van der Waals surface area contributed by atoms with E-state index in [0.717, 1.165) is 12.8 Å². The molecule has 0 heterocycles. The minimum Gasteiger partial charge on any atom is -0.334 e. The van der Waals surface area contributed by atoms with Crippen LogP contribution in [-0.2, 0) is 12.8 Å². The van der Waals surface area contributed by atoms with Crippen LogP contribution in [0.15, 0.2) is 48.5 Å². The van der Waals surface area contributed by atoms with E-state index >= 15 is 0 Å². The lowest BCUT2D eigenvalue weighted by Gasteiger charge is -2.12. The first-order valence-corrected chi connectivity index (χ1v) is 7.44. The quantitative estimate of drug-likeness (QED) is 0.895. The molecule has 5 heteroatoms. The third-order valence-corrected chi connectivity index (χ3v) is 4.06. The summed E-state index contributed by atoms with van der Waals surface area (Å²) in [6.07, 6.45) is 1.56. The molecule has 3 rings (SSSR count). The zero-order chi connectivity index (χ0) is 15.5. The van der Waals surface area contributed by atoms with Crippen molar-refractivity contribution in [3.63, 3.8) is 0 Å². The Labute approximate surface area is 133 Å². The van der Waals surface area contributed by atoms with E-state index in [9.17, 15) is 9.59 Å². The highest BCUT2D eigenvalue weighted by Crippen LogP contribution is 2.21. The molecule has 0 radical (unpaired) electrons. The fourth-order valence-corrected chi connectivity index (χ4v) is 2.92. The molecular formula is C17H15ClN2O2. The molecular weight excluding hydrogens is 300 g/mol. The van der Waals surface area contributed by atoms with Gasteiger partial charge in [0, 0.05) is 6.04 Å². The second-order valence-corrected chi connectivity index (χ2v) is 5.69. The molecule has 2 aromatic carbocycles. The summed E-state index contributed by atoms with van der Waals surface area (Å²) < 4.78 is 0. The lowest BCUT2D eigenvalue weighted by Crippen LogP contribution is -2.45. The average Bonchev–Trinajstić information content (AvgIpc) is 2.89. The van der Waals surface area contributed by atoms with Gasteiger partial charge in [-0.2, -0.15) is 0 Å². The van der Waals surface area contributed by atoms with Crippen molar-refractivity contribution in [3.8, 4) is 0 Å². The molecule has 112 valence electrons. The number of imide groups is 1. The van der Waals surface area contributed by atoms with Crippen molar-refractivity contribution in [1.29, 1.82) is 0 Å². The molecule has 1 aliphatic rings. The Hall–Kier alpha value is -2.33. The van der Waals surface area contributed by atoms with E-state index in [4.69, 9.17) is 11.6 Å². The van der Waals surface area contributed by atoms with E-state index < -0.39 is 11.9 Å². The number of rotatable bonds is 2. The summed E-state index contributed by atoms with van der Waals surface area (Å²) in [6, 6.07) is 14.2. The highest BCUT2D eigenvalue weighted by molar-refractivity contribution is 6.34. The molecule has 0 fully saturated rings. The van der Waals surface area contributed by atoms with E-state index in [1.165, 1.54) is 11.1 Å². The second-order valence-electron chi connectivity index (χ2n) is 5.28. The molecule has 4 nitrogen and oxygen atoms in total. The van der Waals surface area contributed by atoms with Crippen molar-refractivity contribution in [3.05, 3.63) is 70.2 Å². The number of hydrogen-bond donors (Lipinski definition) is 2. The summed E-state index contributed by atoms with van der Waals surface area (Å²) in [5.41, 5.74) is 2.77. The Bertz CT molecular complexity index is 705. The first-order chi connectivity index (χ1) is 10.6. The smallest absolute Gasteiger partial charge is 0.321 e. The predicted molar refractivity (Wildman–Crippen MR) is 85.1 cm³/mol. The maximum atomic E-state index is 12.0. The largest absolute Gasteiger partial charge is 0.334 e. The highest BCUT2D eigenvalue weighted by atomic mass is 35.5. The fraction of sp³-hybridized carbons (Fsp3) is 0.176. The van der Waals surface area contributed by atoms with Crippen LogP contribution in [0.3, 0.4) is 0 Å². The summed E-state index contributed by atoms with van der Waals surface area (Å²) in [4.78, 5) is 24.0. The molecule has 0 unspecified atom stereocenters. The second kappa shape index (κ2) is 6.20. The van der Waals surface area contributed by atoms with Gasteiger partial charge in [0.25, 0.3) is 5.91 Å². The van der Waals surface area contributed by atoms with Gasteiger partial charge in [0.15, 0.2) is 0 Å². The third-order valence-electron chi connectivity index (χ3n) is 3.73. The van der Waals surface area contributed by atoms with Gasteiger partial charge >= 0.3 is 6.03 Å². The molecule has 3 amide bonds. The Kier molecular flexibility index (Phi) is 4.11. The van der Waals surface area contributed by atoms with Crippen molar-refractivity contribution in [2.75, 3.05) is 0 Å². The van der Waals surface area contributed by atoms with Crippen molar-refractivity contribution >= 4 is 23.5 Å². The molecule has 0 atom stereocenters. The highest BCUT2D eigenvalue weighted by Gasteiger charge is 2.23. The van der Waals surface area contributed by atoms with Crippen LogP contribution in [0.25, 0.3) is 0 Å². The number of carbonyl (C=O) groups is 2. The van der Waals surface area contributed by atoms with Gasteiger partial charge in [-0.15, -0.1) is 0 Å². The van der Waals surface area contributed by atoms with Crippen LogP contribution in [0.5, 0.6) is 0 Å². The molecule has 0 aliphatic heterocycles. The van der Waals surface area contributed by atoms with E-state index in [0.29, 0.717) is 5.02 Å². The Balaban J connectivity index is 1.58. The molecule has 1 aliphatic carbocycles. The minimum atomic E-state index is -0.501. The zero-order valence-electron chi connectivity index (χ0n) is 11.8. The van der Waals surface area contributed by atoms with E-state index in [1.54, 1.807) is 24.3 Å². The SMILES string of the molecule is O=C(NC(=O)c1ccccc1Cl)NC1Cc2ccccc2C1. The van der Waals surface area contributed by atoms with Crippen molar-refractivity contribution in [2.24, 2.45) is 0 Å². The van der Waals surface area contributed by atoms with Crippen LogP contribution in [0.4, 0.5) is 4.79 Å². The van der Waals surface area contributed by atoms with E-state index in [-0.39, 0.29) is 11.6 Å². The van der Waals surface area contributed by atoms with Gasteiger partial charge in [-0.05, 0) is 36.1 Å². The molecule has 22 heavy (non-hydrogen) atoms. The van der Waals surface area contributed by atoms with Gasteiger partial charge < -0.3 is 5.32 Å². The lowest BCUT2D eigenvalue weighted by molar-refractivity contribution is 0.0963. The van der Waals surface area contributed by atoms with E-state index in [2.05, 4.69) is 22.8 Å². The zero-order valence-corrected chi connectivity index (χ0v) is 12.6. The van der Waals surface area contributed by atoms with Crippen LogP contribution in [0, 0.1) is 0 Å². The van der Waals surface area contributed by atoms with Crippen LogP contribution in [-0.4, -0.2) is 18.0 Å². The Morgan fingerprint density at radius 1 is 0.955 bits per heavy atom. The molecule has 0 saturated carbocycles. The monoisotopic (exact) mass is 314 g/mol. The summed E-state index contributed by atoms with van der Waals surface area (Å²) in [5.74, 6) is -0.501. The predicted octanol–water partition coefficient (Wildman–Crippen LogP) is 2.95. The van der Waals surface area contributed by atoms with Gasteiger partial charge in [-0.3, -0.25) is 10.1 Å². The minimum absolute atomic E-state index is 0.0106. The lowest BCUT2D eigenvalue weighted by atomic mass is 10.1. The first kappa shape index (κ1) is 14.6. The van der Waals surface area contributed by atoms with Gasteiger partial charge in [0.05, 0.1) is 10.6 Å². The fourth-order valence-electron chi connectivity index (χ4n) is 2.70. The number of benzene rings is 2. The number of urea groups is 1. The molecule has 0 saturated heterocycles. The average molecular weight is 315 g/mol. The molecule has 2 N–H and O–H groups in total. The van der Waals surface area contributed by atoms with Crippen LogP contribution < -0.4 is 10.6 Å². The van der Waals surface area contributed by atoms with Gasteiger partial charge in [0.2, 0.25) is 0 Å².